The Morgan fingerprint density at radius 2 is 1.88 bits per heavy atom. The van der Waals surface area contributed by atoms with Crippen LogP contribution in [0.2, 0.25) is 0 Å². The van der Waals surface area contributed by atoms with Crippen molar-refractivity contribution in [3.8, 4) is 0 Å². The summed E-state index contributed by atoms with van der Waals surface area (Å²) in [5, 5.41) is 12.3. The number of methoxy groups -OCH3 is 1. The second-order valence-corrected chi connectivity index (χ2v) is 11.9. The Labute approximate surface area is 196 Å². The fraction of sp³-hybridized carbons (Fsp3) is 0.778. The van der Waals surface area contributed by atoms with Gasteiger partial charge in [-0.3, -0.25) is 0 Å². The standard InChI is InChI=1S/C27H39NO5/c1-25-12-9-19(28(3)24(30)32-4)15-18(25)6-7-22-21(25)10-13-26(2)20(11-14-27(22,26)31)17-5-8-23(29)33-16-17/h5,8,16,18-22,31H,6-7,9-15H2,1-4H3/t18-,19+,20-,21+,22-,25+,26-,27+/m1/s1. The minimum atomic E-state index is -0.676. The van der Waals surface area contributed by atoms with Gasteiger partial charge in [-0.2, -0.15) is 0 Å². The predicted molar refractivity (Wildman–Crippen MR) is 125 cm³/mol. The molecule has 1 N–H and O–H groups in total. The first-order valence-electron chi connectivity index (χ1n) is 12.8. The molecule has 0 saturated heterocycles. The Balaban J connectivity index is 1.39. The third-order valence-corrected chi connectivity index (χ3v) is 11.0. The van der Waals surface area contributed by atoms with E-state index >= 15 is 0 Å². The molecule has 4 fully saturated rings. The number of aliphatic hydroxyl groups is 1. The highest BCUT2D eigenvalue weighted by atomic mass is 16.5. The van der Waals surface area contributed by atoms with Crippen LogP contribution in [-0.2, 0) is 4.74 Å². The topological polar surface area (TPSA) is 80.0 Å². The van der Waals surface area contributed by atoms with Gasteiger partial charge in [0, 0.05) is 24.6 Å². The molecule has 0 aliphatic heterocycles. The van der Waals surface area contributed by atoms with Gasteiger partial charge in [0.2, 0.25) is 0 Å². The van der Waals surface area contributed by atoms with Crippen molar-refractivity contribution in [2.24, 2.45) is 28.6 Å². The average molecular weight is 458 g/mol. The summed E-state index contributed by atoms with van der Waals surface area (Å²) in [5.41, 5.74) is 0.0768. The summed E-state index contributed by atoms with van der Waals surface area (Å²) >= 11 is 0. The molecule has 0 radical (unpaired) electrons. The molecule has 33 heavy (non-hydrogen) atoms. The molecule has 4 aliphatic rings. The molecule has 1 aromatic heterocycles. The number of fused-ring (bicyclic) bond motifs is 5. The Kier molecular flexibility index (Phi) is 5.47. The maximum atomic E-state index is 12.3. The SMILES string of the molecule is COC(=O)N(C)[C@H]1CC[C@@]2(C)[C@H](CC[C@@H]3[C@@H]2CC[C@]2(C)[C@@H](c4ccc(=O)oc4)CC[C@]32O)C1. The maximum Gasteiger partial charge on any atom is 0.409 e. The maximum absolute atomic E-state index is 12.3. The highest BCUT2D eigenvalue weighted by molar-refractivity contribution is 5.67. The zero-order valence-corrected chi connectivity index (χ0v) is 20.5. The molecule has 5 rings (SSSR count). The normalized spacial score (nSPS) is 44.3. The van der Waals surface area contributed by atoms with Crippen LogP contribution < -0.4 is 5.63 Å². The lowest BCUT2D eigenvalue weighted by Gasteiger charge is -2.64. The van der Waals surface area contributed by atoms with E-state index in [1.165, 1.54) is 13.2 Å². The smallest absolute Gasteiger partial charge is 0.409 e. The van der Waals surface area contributed by atoms with Gasteiger partial charge in [0.05, 0.1) is 19.0 Å². The molecular formula is C27H39NO5. The minimum absolute atomic E-state index is 0.195. The van der Waals surface area contributed by atoms with Gasteiger partial charge in [-0.05, 0) is 98.5 Å². The van der Waals surface area contributed by atoms with Gasteiger partial charge in [0.1, 0.15) is 0 Å². The van der Waals surface area contributed by atoms with Crippen LogP contribution in [-0.4, -0.2) is 41.9 Å². The first-order chi connectivity index (χ1) is 15.6. The van der Waals surface area contributed by atoms with Crippen molar-refractivity contribution in [3.05, 3.63) is 34.4 Å². The van der Waals surface area contributed by atoms with Crippen molar-refractivity contribution >= 4 is 6.09 Å². The number of hydrogen-bond acceptors (Lipinski definition) is 5. The molecule has 0 unspecified atom stereocenters. The van der Waals surface area contributed by atoms with Gasteiger partial charge in [0.15, 0.2) is 0 Å². The lowest BCUT2D eigenvalue weighted by atomic mass is 9.43. The van der Waals surface area contributed by atoms with E-state index in [2.05, 4.69) is 13.8 Å². The molecule has 0 aromatic carbocycles. The number of hydrogen-bond donors (Lipinski definition) is 1. The fourth-order valence-corrected chi connectivity index (χ4v) is 8.95. The van der Waals surface area contributed by atoms with E-state index in [1.807, 2.05) is 13.1 Å². The third-order valence-electron chi connectivity index (χ3n) is 11.0. The van der Waals surface area contributed by atoms with Crippen molar-refractivity contribution in [2.45, 2.75) is 89.2 Å². The molecule has 6 nitrogen and oxygen atoms in total. The molecule has 4 saturated carbocycles. The Hall–Kier alpha value is -1.82. The first-order valence-corrected chi connectivity index (χ1v) is 12.8. The molecule has 182 valence electrons. The van der Waals surface area contributed by atoms with Crippen molar-refractivity contribution in [1.29, 1.82) is 0 Å². The number of amides is 1. The summed E-state index contributed by atoms with van der Waals surface area (Å²) in [5.74, 6) is 1.64. The van der Waals surface area contributed by atoms with Crippen LogP contribution in [0.1, 0.15) is 83.1 Å². The van der Waals surface area contributed by atoms with E-state index in [4.69, 9.17) is 9.15 Å². The minimum Gasteiger partial charge on any atom is -0.453 e. The zero-order valence-electron chi connectivity index (χ0n) is 20.5. The van der Waals surface area contributed by atoms with Crippen LogP contribution in [0.4, 0.5) is 4.79 Å². The quantitative estimate of drug-likeness (QED) is 0.680. The van der Waals surface area contributed by atoms with Gasteiger partial charge in [-0.15, -0.1) is 0 Å². The molecule has 1 amide bonds. The van der Waals surface area contributed by atoms with Crippen LogP contribution in [0, 0.1) is 28.6 Å². The monoisotopic (exact) mass is 457 g/mol. The van der Waals surface area contributed by atoms with E-state index < -0.39 is 5.60 Å². The van der Waals surface area contributed by atoms with E-state index in [0.717, 1.165) is 63.4 Å². The van der Waals surface area contributed by atoms with Crippen molar-refractivity contribution < 1.29 is 19.1 Å². The van der Waals surface area contributed by atoms with Gasteiger partial charge < -0.3 is 19.2 Å². The van der Waals surface area contributed by atoms with E-state index in [9.17, 15) is 14.7 Å². The summed E-state index contributed by atoms with van der Waals surface area (Å²) in [6.07, 6.45) is 10.6. The van der Waals surface area contributed by atoms with Crippen molar-refractivity contribution in [3.63, 3.8) is 0 Å². The predicted octanol–water partition coefficient (Wildman–Crippen LogP) is 4.95. The molecule has 6 heteroatoms. The molecule has 1 aromatic rings. The second-order valence-electron chi connectivity index (χ2n) is 11.9. The van der Waals surface area contributed by atoms with E-state index in [1.54, 1.807) is 11.2 Å². The Morgan fingerprint density at radius 1 is 1.09 bits per heavy atom. The number of rotatable bonds is 2. The molecular weight excluding hydrogens is 418 g/mol. The number of ether oxygens (including phenoxy) is 1. The summed E-state index contributed by atoms with van der Waals surface area (Å²) in [6.45, 7) is 4.75. The molecule has 4 aliphatic carbocycles. The first kappa shape index (κ1) is 22.9. The Morgan fingerprint density at radius 3 is 2.58 bits per heavy atom. The largest absolute Gasteiger partial charge is 0.453 e. The van der Waals surface area contributed by atoms with Gasteiger partial charge in [0.25, 0.3) is 0 Å². The third kappa shape index (κ3) is 3.23. The summed E-state index contributed by atoms with van der Waals surface area (Å²) < 4.78 is 10.2. The van der Waals surface area contributed by atoms with Crippen molar-refractivity contribution in [1.82, 2.24) is 4.90 Å². The fourth-order valence-electron chi connectivity index (χ4n) is 8.95. The number of carbonyl (C=O) groups excluding carboxylic acids is 1. The van der Waals surface area contributed by atoms with Crippen molar-refractivity contribution in [2.75, 3.05) is 14.2 Å². The van der Waals surface area contributed by atoms with Gasteiger partial charge in [-0.1, -0.05) is 13.8 Å². The lowest BCUT2D eigenvalue weighted by Crippen LogP contribution is -2.62. The second kappa shape index (κ2) is 7.86. The van der Waals surface area contributed by atoms with E-state index in [-0.39, 0.29) is 34.5 Å². The summed E-state index contributed by atoms with van der Waals surface area (Å²) in [6, 6.07) is 3.65. The molecule has 1 heterocycles. The summed E-state index contributed by atoms with van der Waals surface area (Å²) in [4.78, 5) is 25.4. The van der Waals surface area contributed by atoms with Crippen LogP contribution >= 0.6 is 0 Å². The van der Waals surface area contributed by atoms with E-state index in [0.29, 0.717) is 17.8 Å². The highest BCUT2D eigenvalue weighted by Gasteiger charge is 2.67. The van der Waals surface area contributed by atoms with Crippen LogP contribution in [0.3, 0.4) is 0 Å². The average Bonchev–Trinajstić information content (AvgIpc) is 3.09. The lowest BCUT2D eigenvalue weighted by molar-refractivity contribution is -0.203. The zero-order chi connectivity index (χ0) is 23.6. The molecule has 0 bridgehead atoms. The highest BCUT2D eigenvalue weighted by Crippen LogP contribution is 2.70. The van der Waals surface area contributed by atoms with Crippen LogP contribution in [0.15, 0.2) is 27.6 Å². The Bertz CT molecular complexity index is 955. The molecule has 0 spiro atoms. The van der Waals surface area contributed by atoms with Crippen LogP contribution in [0.5, 0.6) is 0 Å². The van der Waals surface area contributed by atoms with Gasteiger partial charge >= 0.3 is 11.7 Å². The number of nitrogens with zero attached hydrogens (tertiary/aromatic N) is 1. The van der Waals surface area contributed by atoms with Gasteiger partial charge in [-0.25, -0.2) is 9.59 Å². The molecule has 8 atom stereocenters. The number of carbonyl (C=O) groups is 1. The van der Waals surface area contributed by atoms with Crippen LogP contribution in [0.25, 0.3) is 0 Å². The summed E-state index contributed by atoms with van der Waals surface area (Å²) in [7, 11) is 3.32.